The highest BCUT2D eigenvalue weighted by molar-refractivity contribution is 7.91. The first-order valence-corrected chi connectivity index (χ1v) is 12.6. The maximum absolute atomic E-state index is 13.2. The van der Waals surface area contributed by atoms with Gasteiger partial charge in [-0.25, -0.2) is 8.42 Å². The van der Waals surface area contributed by atoms with Crippen LogP contribution in [-0.2, 0) is 24.2 Å². The third-order valence-corrected chi connectivity index (χ3v) is 7.23. The third kappa shape index (κ3) is 5.07. The predicted octanol–water partition coefficient (Wildman–Crippen LogP) is 2.34. The average molecular weight is 444 g/mol. The third-order valence-electron chi connectivity index (χ3n) is 6.46. The van der Waals surface area contributed by atoms with Crippen molar-refractivity contribution in [1.29, 1.82) is 0 Å². The van der Waals surface area contributed by atoms with Gasteiger partial charge < -0.3 is 4.90 Å². The van der Waals surface area contributed by atoms with Crippen LogP contribution in [0.25, 0.3) is 0 Å². The number of nitrogens with zero attached hydrogens (tertiary/aromatic N) is 1. The molecule has 0 radical (unpaired) electrons. The van der Waals surface area contributed by atoms with E-state index in [4.69, 9.17) is 0 Å². The van der Waals surface area contributed by atoms with E-state index in [0.29, 0.717) is 38.8 Å². The second kappa shape index (κ2) is 8.58. The molecule has 1 saturated heterocycles. The van der Waals surface area contributed by atoms with Gasteiger partial charge in [-0.15, -0.1) is 5.92 Å². The van der Waals surface area contributed by atoms with Crippen molar-refractivity contribution in [2.24, 2.45) is 5.41 Å². The number of Topliss-reactive ketones (excluding diaryl/α,β-unsaturated/α-hetero) is 2. The van der Waals surface area contributed by atoms with E-state index in [1.165, 1.54) is 4.90 Å². The lowest BCUT2D eigenvalue weighted by atomic mass is 9.62. The van der Waals surface area contributed by atoms with Crippen molar-refractivity contribution in [3.05, 3.63) is 34.4 Å². The minimum absolute atomic E-state index is 0.0623. The number of amides is 1. The zero-order valence-corrected chi connectivity index (χ0v) is 19.4. The molecule has 7 heteroatoms. The first-order valence-electron chi connectivity index (χ1n) is 10.5. The van der Waals surface area contributed by atoms with E-state index in [-0.39, 0.29) is 11.6 Å². The van der Waals surface area contributed by atoms with Crippen molar-refractivity contribution < 1.29 is 22.8 Å². The first kappa shape index (κ1) is 23.2. The highest BCUT2D eigenvalue weighted by Crippen LogP contribution is 2.46. The van der Waals surface area contributed by atoms with Gasteiger partial charge in [-0.05, 0) is 67.9 Å². The Morgan fingerprint density at radius 3 is 2.06 bits per heavy atom. The molecule has 0 N–H and O–H groups in total. The van der Waals surface area contributed by atoms with Gasteiger partial charge in [0.1, 0.15) is 23.2 Å². The summed E-state index contributed by atoms with van der Waals surface area (Å²) in [4.78, 5) is 40.1. The molecule has 1 saturated carbocycles. The summed E-state index contributed by atoms with van der Waals surface area (Å²) in [6.07, 6.45) is 2.74. The molecule has 6 nitrogen and oxygen atoms in total. The first-order chi connectivity index (χ1) is 14.4. The molecule has 1 aliphatic carbocycles. The van der Waals surface area contributed by atoms with Crippen molar-refractivity contribution >= 4 is 27.3 Å². The van der Waals surface area contributed by atoms with Crippen LogP contribution in [-0.4, -0.2) is 55.9 Å². The average Bonchev–Trinajstić information content (AvgIpc) is 2.62. The summed E-state index contributed by atoms with van der Waals surface area (Å²) in [5.74, 6) is 4.12. The lowest BCUT2D eigenvalue weighted by Crippen LogP contribution is -2.49. The van der Waals surface area contributed by atoms with Gasteiger partial charge in [-0.2, -0.15) is 0 Å². The van der Waals surface area contributed by atoms with Gasteiger partial charge in [0.25, 0.3) is 0 Å². The molecule has 2 fully saturated rings. The number of carbonyl (C=O) groups excluding carboxylic acids is 3. The van der Waals surface area contributed by atoms with E-state index in [9.17, 15) is 22.8 Å². The molecular formula is C24H29NO5S. The van der Waals surface area contributed by atoms with E-state index in [0.717, 1.165) is 28.5 Å². The Hall–Kier alpha value is -2.46. The Bertz CT molecular complexity index is 1060. The molecule has 1 aromatic rings. The summed E-state index contributed by atoms with van der Waals surface area (Å²) < 4.78 is 22.8. The van der Waals surface area contributed by atoms with Crippen molar-refractivity contribution in [3.8, 4) is 11.8 Å². The number of likely N-dealkylation sites (tertiary alicyclic amines) is 1. The fourth-order valence-electron chi connectivity index (χ4n) is 5.05. The van der Waals surface area contributed by atoms with E-state index in [2.05, 4.69) is 11.8 Å². The summed E-state index contributed by atoms with van der Waals surface area (Å²) in [6.45, 7) is 6.36. The molecule has 3 rings (SSSR count). The van der Waals surface area contributed by atoms with Crippen molar-refractivity contribution in [2.75, 3.05) is 25.1 Å². The van der Waals surface area contributed by atoms with Gasteiger partial charge in [-0.3, -0.25) is 14.4 Å². The highest BCUT2D eigenvalue weighted by atomic mass is 32.2. The Balaban J connectivity index is 1.76. The molecule has 0 atom stereocenters. The fraction of sp³-hybridized carbons (Fsp3) is 0.542. The normalized spacial score (nSPS) is 19.3. The molecule has 1 amide bonds. The summed E-state index contributed by atoms with van der Waals surface area (Å²) >= 11 is 0. The molecule has 1 heterocycles. The molecule has 0 bridgehead atoms. The van der Waals surface area contributed by atoms with Crippen LogP contribution in [0, 0.1) is 31.1 Å². The molecule has 0 unspecified atom stereocenters. The van der Waals surface area contributed by atoms with Crippen LogP contribution in [0.4, 0.5) is 0 Å². The Morgan fingerprint density at radius 1 is 1.10 bits per heavy atom. The molecule has 31 heavy (non-hydrogen) atoms. The monoisotopic (exact) mass is 443 g/mol. The van der Waals surface area contributed by atoms with Gasteiger partial charge in [0.05, 0.1) is 0 Å². The zero-order chi connectivity index (χ0) is 23.0. The lowest BCUT2D eigenvalue weighted by Gasteiger charge is -2.44. The van der Waals surface area contributed by atoms with Crippen molar-refractivity contribution in [1.82, 2.24) is 4.90 Å². The summed E-state index contributed by atoms with van der Waals surface area (Å²) in [5, 5.41) is 0. The standard InChI is InChI=1S/C24H29NO5S/c1-5-6-18-11-16(2)22(17(3)12-18)23-19(26)13-24(14-20(23)27)7-9-25(10-8-24)21(28)15-31(4,29)30/h11-12,23H,7-10,13-15H2,1-4H3. The molecule has 1 aliphatic heterocycles. The maximum atomic E-state index is 13.2. The fourth-order valence-corrected chi connectivity index (χ4v) is 5.68. The molecule has 0 aromatic heterocycles. The smallest absolute Gasteiger partial charge is 0.237 e. The van der Waals surface area contributed by atoms with E-state index in [1.54, 1.807) is 6.92 Å². The van der Waals surface area contributed by atoms with Crippen LogP contribution in [0.5, 0.6) is 0 Å². The van der Waals surface area contributed by atoms with Gasteiger partial charge >= 0.3 is 0 Å². The molecule has 2 aliphatic rings. The number of hydrogen-bond acceptors (Lipinski definition) is 5. The van der Waals surface area contributed by atoms with Crippen LogP contribution in [0.3, 0.4) is 0 Å². The highest BCUT2D eigenvalue weighted by Gasteiger charge is 2.47. The number of carbonyl (C=O) groups is 3. The number of ketones is 2. The van der Waals surface area contributed by atoms with Gasteiger partial charge in [0, 0.05) is 37.8 Å². The summed E-state index contributed by atoms with van der Waals surface area (Å²) in [7, 11) is -3.38. The minimum Gasteiger partial charge on any atom is -0.342 e. The van der Waals surface area contributed by atoms with Crippen LogP contribution < -0.4 is 0 Å². The number of hydrogen-bond donors (Lipinski definition) is 0. The molecule has 1 aromatic carbocycles. The predicted molar refractivity (Wildman–Crippen MR) is 118 cm³/mol. The van der Waals surface area contributed by atoms with Crippen LogP contribution >= 0.6 is 0 Å². The Kier molecular flexibility index (Phi) is 6.43. The number of rotatable bonds is 3. The van der Waals surface area contributed by atoms with E-state index >= 15 is 0 Å². The summed E-state index contributed by atoms with van der Waals surface area (Å²) in [5.41, 5.74) is 3.05. The van der Waals surface area contributed by atoms with Crippen LogP contribution in [0.15, 0.2) is 12.1 Å². The zero-order valence-electron chi connectivity index (χ0n) is 18.6. The number of sulfone groups is 1. The largest absolute Gasteiger partial charge is 0.342 e. The van der Waals surface area contributed by atoms with Gasteiger partial charge in [0.2, 0.25) is 5.91 Å². The summed E-state index contributed by atoms with van der Waals surface area (Å²) in [6, 6.07) is 3.85. The SMILES string of the molecule is CC#Cc1cc(C)c(C2C(=O)CC3(CCN(C(=O)CS(C)(=O)=O)CC3)CC2=O)c(C)c1. The maximum Gasteiger partial charge on any atom is 0.237 e. The molecule has 166 valence electrons. The topological polar surface area (TPSA) is 88.6 Å². The lowest BCUT2D eigenvalue weighted by molar-refractivity contribution is -0.139. The van der Waals surface area contributed by atoms with E-state index < -0.39 is 32.8 Å². The number of aryl methyl sites for hydroxylation is 2. The second-order valence-corrected chi connectivity index (χ2v) is 11.2. The van der Waals surface area contributed by atoms with Crippen molar-refractivity contribution in [2.45, 2.75) is 52.4 Å². The van der Waals surface area contributed by atoms with Crippen molar-refractivity contribution in [3.63, 3.8) is 0 Å². The van der Waals surface area contributed by atoms with E-state index in [1.807, 2.05) is 26.0 Å². The quantitative estimate of drug-likeness (QED) is 0.529. The number of piperidine rings is 1. The van der Waals surface area contributed by atoms with Gasteiger partial charge in [0.15, 0.2) is 9.84 Å². The van der Waals surface area contributed by atoms with Crippen LogP contribution in [0.1, 0.15) is 60.8 Å². The molecular weight excluding hydrogens is 414 g/mol. The van der Waals surface area contributed by atoms with Crippen LogP contribution in [0.2, 0.25) is 0 Å². The Morgan fingerprint density at radius 2 is 1.61 bits per heavy atom. The van der Waals surface area contributed by atoms with Gasteiger partial charge in [-0.1, -0.05) is 5.92 Å². The second-order valence-electron chi connectivity index (χ2n) is 9.07. The minimum atomic E-state index is -3.38. The molecule has 1 spiro atoms. The Labute approximate surface area is 184 Å². The number of benzene rings is 1.